The summed E-state index contributed by atoms with van der Waals surface area (Å²) in [5.41, 5.74) is 0.911. The van der Waals surface area contributed by atoms with Crippen LogP contribution in [0.2, 0.25) is 10.0 Å². The molecule has 1 atom stereocenters. The molecule has 36 heavy (non-hydrogen) atoms. The number of hydrogen-bond acceptors (Lipinski definition) is 5. The van der Waals surface area contributed by atoms with Crippen molar-refractivity contribution in [1.82, 2.24) is 14.5 Å². The molecule has 0 radical (unpaired) electrons. The number of ether oxygens (including phenoxy) is 2. The van der Waals surface area contributed by atoms with Gasteiger partial charge in [-0.3, -0.25) is 14.2 Å². The summed E-state index contributed by atoms with van der Waals surface area (Å²) in [7, 11) is 1.56. The van der Waals surface area contributed by atoms with E-state index in [0.717, 1.165) is 0 Å². The van der Waals surface area contributed by atoms with Gasteiger partial charge in [0.1, 0.15) is 11.6 Å². The molecule has 1 aromatic heterocycles. The number of aromatic nitrogens is 2. The Morgan fingerprint density at radius 3 is 2.31 bits per heavy atom. The molecule has 0 aliphatic rings. The van der Waals surface area contributed by atoms with Crippen molar-refractivity contribution in [2.75, 3.05) is 26.9 Å². The maximum Gasteiger partial charge on any atom is 0.266 e. The highest BCUT2D eigenvalue weighted by Gasteiger charge is 2.27. The zero-order chi connectivity index (χ0) is 25.7. The van der Waals surface area contributed by atoms with Crippen LogP contribution in [-0.4, -0.2) is 47.2 Å². The molecular formula is C27H25Cl2N3O4. The van der Waals surface area contributed by atoms with E-state index in [-0.39, 0.29) is 24.6 Å². The summed E-state index contributed by atoms with van der Waals surface area (Å²) in [5, 5.41) is 1.60. The molecule has 1 unspecified atom stereocenters. The fourth-order valence-electron chi connectivity index (χ4n) is 3.89. The predicted molar refractivity (Wildman–Crippen MR) is 141 cm³/mol. The fourth-order valence-corrected chi connectivity index (χ4v) is 4.14. The quantitative estimate of drug-likeness (QED) is 0.296. The first-order chi connectivity index (χ1) is 17.4. The third-order valence-corrected chi connectivity index (χ3v) is 6.26. The van der Waals surface area contributed by atoms with E-state index in [9.17, 15) is 9.59 Å². The molecule has 0 spiro atoms. The number of carbonyl (C=O) groups excluding carboxylic acids is 1. The van der Waals surface area contributed by atoms with Crippen LogP contribution in [0, 0.1) is 0 Å². The molecule has 0 saturated heterocycles. The van der Waals surface area contributed by atoms with Gasteiger partial charge in [-0.1, -0.05) is 35.3 Å². The molecule has 1 amide bonds. The zero-order valence-corrected chi connectivity index (χ0v) is 21.4. The molecule has 9 heteroatoms. The molecule has 0 N–H and O–H groups in total. The Labute approximate surface area is 218 Å². The number of hydrogen-bond donors (Lipinski definition) is 0. The van der Waals surface area contributed by atoms with Gasteiger partial charge in [0.05, 0.1) is 29.2 Å². The monoisotopic (exact) mass is 525 g/mol. The third-order valence-electron chi connectivity index (χ3n) is 5.76. The highest BCUT2D eigenvalue weighted by atomic mass is 35.5. The topological polar surface area (TPSA) is 73.7 Å². The molecule has 186 valence electrons. The van der Waals surface area contributed by atoms with Crippen molar-refractivity contribution in [2.45, 2.75) is 13.0 Å². The van der Waals surface area contributed by atoms with Gasteiger partial charge in [0.25, 0.3) is 11.5 Å². The minimum absolute atomic E-state index is 0.200. The molecule has 0 saturated carbocycles. The van der Waals surface area contributed by atoms with Crippen molar-refractivity contribution in [1.29, 1.82) is 0 Å². The average Bonchev–Trinajstić information content (AvgIpc) is 2.89. The van der Waals surface area contributed by atoms with Gasteiger partial charge in [0.15, 0.2) is 6.61 Å². The van der Waals surface area contributed by atoms with Crippen molar-refractivity contribution in [3.8, 4) is 11.4 Å². The van der Waals surface area contributed by atoms with Crippen LogP contribution in [0.1, 0.15) is 18.8 Å². The van der Waals surface area contributed by atoms with E-state index in [4.69, 9.17) is 37.7 Å². The zero-order valence-electron chi connectivity index (χ0n) is 19.9. The molecule has 0 aliphatic heterocycles. The molecule has 1 heterocycles. The summed E-state index contributed by atoms with van der Waals surface area (Å²) in [6.07, 6.45) is 0. The van der Waals surface area contributed by atoms with Gasteiger partial charge >= 0.3 is 0 Å². The van der Waals surface area contributed by atoms with Crippen molar-refractivity contribution in [2.24, 2.45) is 0 Å². The van der Waals surface area contributed by atoms with Gasteiger partial charge < -0.3 is 14.4 Å². The van der Waals surface area contributed by atoms with E-state index >= 15 is 0 Å². The van der Waals surface area contributed by atoms with Gasteiger partial charge in [-0.15, -0.1) is 0 Å². The number of rotatable bonds is 9. The van der Waals surface area contributed by atoms with Crippen LogP contribution in [0.3, 0.4) is 0 Å². The maximum absolute atomic E-state index is 13.6. The van der Waals surface area contributed by atoms with E-state index in [0.29, 0.717) is 44.8 Å². The van der Waals surface area contributed by atoms with Crippen LogP contribution in [0.4, 0.5) is 0 Å². The molecule has 4 aromatic rings. The Bertz CT molecular complexity index is 1410. The largest absolute Gasteiger partial charge is 0.484 e. The number of nitrogens with zero attached hydrogens (tertiary/aromatic N) is 3. The molecule has 0 aliphatic carbocycles. The van der Waals surface area contributed by atoms with Gasteiger partial charge in [-0.05, 0) is 67.6 Å². The summed E-state index contributed by atoms with van der Waals surface area (Å²) < 4.78 is 12.5. The molecular weight excluding hydrogens is 501 g/mol. The van der Waals surface area contributed by atoms with Crippen LogP contribution in [0.25, 0.3) is 16.6 Å². The van der Waals surface area contributed by atoms with E-state index in [2.05, 4.69) is 0 Å². The van der Waals surface area contributed by atoms with E-state index < -0.39 is 6.04 Å². The lowest BCUT2D eigenvalue weighted by molar-refractivity contribution is -0.136. The van der Waals surface area contributed by atoms with Crippen LogP contribution in [0.15, 0.2) is 77.6 Å². The van der Waals surface area contributed by atoms with E-state index in [1.54, 1.807) is 78.7 Å². The first-order valence-electron chi connectivity index (χ1n) is 11.3. The highest BCUT2D eigenvalue weighted by molar-refractivity contribution is 6.30. The Kier molecular flexibility index (Phi) is 8.25. The smallest absolute Gasteiger partial charge is 0.266 e. The average molecular weight is 526 g/mol. The number of para-hydroxylation sites is 1. The Morgan fingerprint density at radius 2 is 1.64 bits per heavy atom. The fraction of sp³-hybridized carbons (Fsp3) is 0.222. The van der Waals surface area contributed by atoms with E-state index in [1.807, 2.05) is 13.0 Å². The molecule has 3 aromatic carbocycles. The van der Waals surface area contributed by atoms with Gasteiger partial charge in [-0.25, -0.2) is 4.98 Å². The van der Waals surface area contributed by atoms with Gasteiger partial charge in [-0.2, -0.15) is 0 Å². The lowest BCUT2D eigenvalue weighted by Crippen LogP contribution is -2.41. The lowest BCUT2D eigenvalue weighted by atomic mass is 10.1. The summed E-state index contributed by atoms with van der Waals surface area (Å²) in [4.78, 5) is 33.4. The Morgan fingerprint density at radius 1 is 1.00 bits per heavy atom. The Hall–Kier alpha value is -3.39. The van der Waals surface area contributed by atoms with Crippen LogP contribution in [-0.2, 0) is 9.53 Å². The number of amides is 1. The standard InChI is InChI=1S/C27H25Cl2N3O4/c1-18(31(15-16-35-2)25(33)17-36-22-13-9-20(29)10-14-22)26-30-24-6-4-3-5-23(24)27(34)32(26)21-11-7-19(28)8-12-21/h3-14,18H,15-17H2,1-2H3. The number of methoxy groups -OCH3 is 1. The highest BCUT2D eigenvalue weighted by Crippen LogP contribution is 2.24. The minimum Gasteiger partial charge on any atom is -0.484 e. The number of benzene rings is 3. The molecule has 0 fully saturated rings. The lowest BCUT2D eigenvalue weighted by Gasteiger charge is -2.30. The van der Waals surface area contributed by atoms with Crippen molar-refractivity contribution >= 4 is 40.0 Å². The minimum atomic E-state index is -0.575. The SMILES string of the molecule is COCCN(C(=O)COc1ccc(Cl)cc1)C(C)c1nc2ccccc2c(=O)n1-c1ccc(Cl)cc1. The Balaban J connectivity index is 1.74. The third kappa shape index (κ3) is 5.70. The van der Waals surface area contributed by atoms with Crippen LogP contribution >= 0.6 is 23.2 Å². The van der Waals surface area contributed by atoms with Crippen molar-refractivity contribution < 1.29 is 14.3 Å². The van der Waals surface area contributed by atoms with Crippen LogP contribution in [0.5, 0.6) is 5.75 Å². The summed E-state index contributed by atoms with van der Waals surface area (Å²) >= 11 is 12.0. The predicted octanol–water partition coefficient (Wildman–Crippen LogP) is 5.31. The van der Waals surface area contributed by atoms with Crippen LogP contribution < -0.4 is 10.3 Å². The second-order valence-corrected chi connectivity index (χ2v) is 8.98. The first kappa shape index (κ1) is 25.7. The number of halogens is 2. The maximum atomic E-state index is 13.6. The number of fused-ring (bicyclic) bond motifs is 1. The summed E-state index contributed by atoms with van der Waals surface area (Å²) in [6.45, 7) is 2.22. The van der Waals surface area contributed by atoms with Crippen molar-refractivity contribution in [3.05, 3.63) is 99.0 Å². The number of carbonyl (C=O) groups is 1. The van der Waals surface area contributed by atoms with Gasteiger partial charge in [0, 0.05) is 23.7 Å². The summed E-state index contributed by atoms with van der Waals surface area (Å²) in [6, 6.07) is 20.3. The second kappa shape index (κ2) is 11.6. The molecule has 0 bridgehead atoms. The molecule has 4 rings (SSSR count). The van der Waals surface area contributed by atoms with Crippen molar-refractivity contribution in [3.63, 3.8) is 0 Å². The molecule has 7 nitrogen and oxygen atoms in total. The van der Waals surface area contributed by atoms with E-state index in [1.165, 1.54) is 4.57 Å². The summed E-state index contributed by atoms with van der Waals surface area (Å²) in [5.74, 6) is 0.658. The second-order valence-electron chi connectivity index (χ2n) is 8.10. The van der Waals surface area contributed by atoms with Gasteiger partial charge in [0.2, 0.25) is 0 Å². The first-order valence-corrected chi connectivity index (χ1v) is 12.1. The normalized spacial score (nSPS) is 11.9.